The van der Waals surface area contributed by atoms with Gasteiger partial charge in [-0.25, -0.2) is 4.98 Å². The molecule has 1 aromatic carbocycles. The Morgan fingerprint density at radius 3 is 2.62 bits per heavy atom. The molecule has 9 heteroatoms. The first kappa shape index (κ1) is 14.9. The number of sulfonamides is 1. The number of hydrogen-bond donors (Lipinski definition) is 3. The van der Waals surface area contributed by atoms with Crippen molar-refractivity contribution in [2.45, 2.75) is 18.5 Å². The lowest BCUT2D eigenvalue weighted by Gasteiger charge is -2.06. The van der Waals surface area contributed by atoms with E-state index in [1.807, 2.05) is 6.92 Å². The number of rotatable bonds is 5. The summed E-state index contributed by atoms with van der Waals surface area (Å²) in [6, 6.07) is 6.11. The molecule has 1 aromatic heterocycles. The average molecular weight is 309 g/mol. The number of imidazole rings is 1. The van der Waals surface area contributed by atoms with E-state index in [1.54, 1.807) is 4.57 Å². The summed E-state index contributed by atoms with van der Waals surface area (Å²) in [7, 11) is -3.73. The number of hydrogen-bond acceptors (Lipinski definition) is 5. The van der Waals surface area contributed by atoms with Crippen LogP contribution in [0.4, 0.5) is 5.69 Å². The Labute approximate surface area is 122 Å². The molecule has 0 radical (unpaired) electrons. The first-order chi connectivity index (χ1) is 9.96. The molecule has 0 aliphatic carbocycles. The standard InChI is InChI=1S/C12H15N5O3S/c1-2-17-7-11(14-8-17)21(19,20)16-10-5-3-9(4-6-10)12(13)15-18/h3-8,16,18H,2H2,1H3,(H2,13,15). The van der Waals surface area contributed by atoms with E-state index >= 15 is 0 Å². The molecule has 0 fully saturated rings. The molecule has 0 spiro atoms. The number of nitrogens with one attached hydrogen (secondary N) is 1. The predicted molar refractivity (Wildman–Crippen MR) is 77.7 cm³/mol. The fourth-order valence-electron chi connectivity index (χ4n) is 1.63. The summed E-state index contributed by atoms with van der Waals surface area (Å²) in [5.74, 6) is -0.0499. The number of oxime groups is 1. The summed E-state index contributed by atoms with van der Waals surface area (Å²) in [5, 5.41) is 11.4. The van der Waals surface area contributed by atoms with Crippen molar-refractivity contribution in [2.75, 3.05) is 4.72 Å². The monoisotopic (exact) mass is 309 g/mol. The second kappa shape index (κ2) is 5.83. The van der Waals surface area contributed by atoms with Crippen LogP contribution in [-0.4, -0.2) is 29.0 Å². The molecule has 0 unspecified atom stereocenters. The highest BCUT2D eigenvalue weighted by Gasteiger charge is 2.17. The van der Waals surface area contributed by atoms with Gasteiger partial charge in [0, 0.05) is 24.0 Å². The van der Waals surface area contributed by atoms with Crippen LogP contribution in [0, 0.1) is 0 Å². The molecular weight excluding hydrogens is 294 g/mol. The minimum atomic E-state index is -3.73. The average Bonchev–Trinajstić information content (AvgIpc) is 2.96. The van der Waals surface area contributed by atoms with Crippen molar-refractivity contribution in [1.29, 1.82) is 0 Å². The van der Waals surface area contributed by atoms with Crippen molar-refractivity contribution in [1.82, 2.24) is 9.55 Å². The minimum Gasteiger partial charge on any atom is -0.409 e. The van der Waals surface area contributed by atoms with Crippen molar-refractivity contribution < 1.29 is 13.6 Å². The van der Waals surface area contributed by atoms with Crippen LogP contribution in [-0.2, 0) is 16.6 Å². The van der Waals surface area contributed by atoms with Gasteiger partial charge in [-0.05, 0) is 31.2 Å². The smallest absolute Gasteiger partial charge is 0.280 e. The van der Waals surface area contributed by atoms with Crippen LogP contribution in [0.1, 0.15) is 12.5 Å². The molecule has 2 aromatic rings. The second-order valence-electron chi connectivity index (χ2n) is 4.21. The number of aryl methyl sites for hydroxylation is 1. The van der Waals surface area contributed by atoms with Gasteiger partial charge in [0.2, 0.25) is 0 Å². The summed E-state index contributed by atoms with van der Waals surface area (Å²) in [6.07, 6.45) is 2.91. The third kappa shape index (κ3) is 3.31. The predicted octanol–water partition coefficient (Wildman–Crippen LogP) is 0.798. The van der Waals surface area contributed by atoms with Gasteiger partial charge in [-0.1, -0.05) is 5.16 Å². The molecule has 0 aliphatic heterocycles. The van der Waals surface area contributed by atoms with Crippen molar-refractivity contribution in [3.8, 4) is 0 Å². The fourth-order valence-corrected chi connectivity index (χ4v) is 2.64. The van der Waals surface area contributed by atoms with Crippen LogP contribution in [0.2, 0.25) is 0 Å². The first-order valence-corrected chi connectivity index (χ1v) is 7.57. The normalized spacial score (nSPS) is 12.3. The Morgan fingerprint density at radius 1 is 1.43 bits per heavy atom. The highest BCUT2D eigenvalue weighted by atomic mass is 32.2. The van der Waals surface area contributed by atoms with Crippen LogP contribution in [0.3, 0.4) is 0 Å². The molecule has 0 saturated carbocycles. The number of anilines is 1. The topological polar surface area (TPSA) is 123 Å². The van der Waals surface area contributed by atoms with Gasteiger partial charge in [0.05, 0.1) is 6.33 Å². The van der Waals surface area contributed by atoms with E-state index in [9.17, 15) is 8.42 Å². The van der Waals surface area contributed by atoms with E-state index in [-0.39, 0.29) is 10.9 Å². The largest absolute Gasteiger partial charge is 0.409 e. The van der Waals surface area contributed by atoms with E-state index in [0.29, 0.717) is 17.8 Å². The van der Waals surface area contributed by atoms with Crippen LogP contribution in [0.15, 0.2) is 47.0 Å². The number of amidine groups is 1. The van der Waals surface area contributed by atoms with Crippen LogP contribution in [0.5, 0.6) is 0 Å². The second-order valence-corrected chi connectivity index (χ2v) is 5.84. The molecular formula is C12H15N5O3S. The van der Waals surface area contributed by atoms with Gasteiger partial charge >= 0.3 is 0 Å². The molecule has 2 rings (SSSR count). The lowest BCUT2D eigenvalue weighted by atomic mass is 10.2. The van der Waals surface area contributed by atoms with E-state index in [4.69, 9.17) is 10.9 Å². The zero-order valence-corrected chi connectivity index (χ0v) is 12.1. The van der Waals surface area contributed by atoms with Crippen molar-refractivity contribution in [2.24, 2.45) is 10.9 Å². The van der Waals surface area contributed by atoms with Gasteiger partial charge in [0.15, 0.2) is 10.9 Å². The maximum atomic E-state index is 12.1. The highest BCUT2D eigenvalue weighted by Crippen LogP contribution is 2.15. The third-order valence-corrected chi connectivity index (χ3v) is 4.06. The Bertz CT molecular complexity index is 749. The number of benzene rings is 1. The van der Waals surface area contributed by atoms with Crippen LogP contribution in [0.25, 0.3) is 0 Å². The molecule has 8 nitrogen and oxygen atoms in total. The van der Waals surface area contributed by atoms with E-state index < -0.39 is 10.0 Å². The molecule has 0 bridgehead atoms. The van der Waals surface area contributed by atoms with Gasteiger partial charge < -0.3 is 15.5 Å². The fraction of sp³-hybridized carbons (Fsp3) is 0.167. The molecule has 0 amide bonds. The lowest BCUT2D eigenvalue weighted by Crippen LogP contribution is -2.15. The summed E-state index contributed by atoms with van der Waals surface area (Å²) in [6.45, 7) is 2.52. The first-order valence-electron chi connectivity index (χ1n) is 6.09. The van der Waals surface area contributed by atoms with Crippen molar-refractivity contribution >= 4 is 21.5 Å². The zero-order valence-electron chi connectivity index (χ0n) is 11.3. The van der Waals surface area contributed by atoms with Gasteiger partial charge in [-0.3, -0.25) is 4.72 Å². The SMILES string of the molecule is CCn1cnc(S(=O)(=O)Nc2ccc(C(N)=NO)cc2)c1. The summed E-state index contributed by atoms with van der Waals surface area (Å²) in [4.78, 5) is 3.85. The van der Waals surface area contributed by atoms with Crippen LogP contribution < -0.4 is 10.5 Å². The van der Waals surface area contributed by atoms with Gasteiger partial charge in [0.1, 0.15) is 0 Å². The van der Waals surface area contributed by atoms with Crippen molar-refractivity contribution in [3.63, 3.8) is 0 Å². The van der Waals surface area contributed by atoms with Gasteiger partial charge in [-0.2, -0.15) is 8.42 Å². The van der Waals surface area contributed by atoms with Crippen LogP contribution >= 0.6 is 0 Å². The molecule has 4 N–H and O–H groups in total. The minimum absolute atomic E-state index is 0.0499. The molecule has 21 heavy (non-hydrogen) atoms. The molecule has 0 saturated heterocycles. The van der Waals surface area contributed by atoms with E-state index in [0.717, 1.165) is 0 Å². The Kier molecular flexibility index (Phi) is 4.13. The Balaban J connectivity index is 2.20. The maximum absolute atomic E-state index is 12.1. The number of nitrogens with zero attached hydrogens (tertiary/aromatic N) is 3. The quantitative estimate of drug-likeness (QED) is 0.326. The summed E-state index contributed by atoms with van der Waals surface area (Å²) < 4.78 is 28.3. The number of nitrogens with two attached hydrogens (primary N) is 1. The highest BCUT2D eigenvalue weighted by molar-refractivity contribution is 7.92. The summed E-state index contributed by atoms with van der Waals surface area (Å²) in [5.41, 5.74) is 6.27. The number of aromatic nitrogens is 2. The van der Waals surface area contributed by atoms with Gasteiger partial charge in [0.25, 0.3) is 10.0 Å². The molecule has 0 aliphatic rings. The Hall–Kier alpha value is -2.55. The molecule has 112 valence electrons. The Morgan fingerprint density at radius 2 is 2.10 bits per heavy atom. The molecule has 1 heterocycles. The zero-order chi connectivity index (χ0) is 15.5. The lowest BCUT2D eigenvalue weighted by molar-refractivity contribution is 0.318. The third-order valence-electron chi connectivity index (χ3n) is 2.79. The van der Waals surface area contributed by atoms with Gasteiger partial charge in [-0.15, -0.1) is 0 Å². The maximum Gasteiger partial charge on any atom is 0.280 e. The van der Waals surface area contributed by atoms with E-state index in [2.05, 4.69) is 14.9 Å². The van der Waals surface area contributed by atoms with Crippen molar-refractivity contribution in [3.05, 3.63) is 42.4 Å². The summed E-state index contributed by atoms with van der Waals surface area (Å²) >= 11 is 0. The molecule has 0 atom stereocenters. The van der Waals surface area contributed by atoms with E-state index in [1.165, 1.54) is 36.8 Å².